The number of benzene rings is 4. The first-order chi connectivity index (χ1) is 17.2. The summed E-state index contributed by atoms with van der Waals surface area (Å²) in [7, 11) is 0. The standard InChI is InChI=1S/C28H21N3O3S/c32-26(29-20-15-17-23(18-16-20)34-22-11-5-2-6-12-22)19-35-28-30-25-14-8-7-13-24(25)27(33)31(28)21-9-3-1-4-10-21/h1-18H,19H2,(H,29,32). The fraction of sp³-hybridized carbons (Fsp3) is 0.0357. The Morgan fingerprint density at radius 2 is 1.43 bits per heavy atom. The summed E-state index contributed by atoms with van der Waals surface area (Å²) in [4.78, 5) is 30.6. The predicted molar refractivity (Wildman–Crippen MR) is 140 cm³/mol. The minimum Gasteiger partial charge on any atom is -0.457 e. The number of para-hydroxylation sites is 3. The van der Waals surface area contributed by atoms with Gasteiger partial charge < -0.3 is 10.1 Å². The smallest absolute Gasteiger partial charge is 0.266 e. The van der Waals surface area contributed by atoms with E-state index in [1.807, 2.05) is 72.8 Å². The molecule has 0 bridgehead atoms. The third-order valence-corrected chi connectivity index (χ3v) is 6.15. The van der Waals surface area contributed by atoms with Crippen molar-refractivity contribution < 1.29 is 9.53 Å². The molecule has 0 aliphatic heterocycles. The molecular formula is C28H21N3O3S. The fourth-order valence-corrected chi connectivity index (χ4v) is 4.38. The molecule has 1 aromatic heterocycles. The Bertz CT molecular complexity index is 1520. The van der Waals surface area contributed by atoms with E-state index in [0.29, 0.717) is 33.2 Å². The number of carbonyl (C=O) groups is 1. The first kappa shape index (κ1) is 22.4. The number of amides is 1. The summed E-state index contributed by atoms with van der Waals surface area (Å²) in [5.74, 6) is 1.32. The van der Waals surface area contributed by atoms with Crippen LogP contribution < -0.4 is 15.6 Å². The van der Waals surface area contributed by atoms with Gasteiger partial charge in [-0.05, 0) is 60.7 Å². The van der Waals surface area contributed by atoms with Gasteiger partial charge in [0.15, 0.2) is 5.16 Å². The van der Waals surface area contributed by atoms with E-state index >= 15 is 0 Å². The SMILES string of the molecule is O=C(CSc1nc2ccccc2c(=O)n1-c1ccccc1)Nc1ccc(Oc2ccccc2)cc1. The van der Waals surface area contributed by atoms with Gasteiger partial charge in [0, 0.05) is 5.69 Å². The van der Waals surface area contributed by atoms with Gasteiger partial charge in [0.05, 0.1) is 22.3 Å². The number of ether oxygens (including phenoxy) is 1. The van der Waals surface area contributed by atoms with Crippen LogP contribution in [-0.4, -0.2) is 21.2 Å². The largest absolute Gasteiger partial charge is 0.457 e. The zero-order valence-electron chi connectivity index (χ0n) is 18.6. The molecule has 5 aromatic rings. The normalized spacial score (nSPS) is 10.7. The fourth-order valence-electron chi connectivity index (χ4n) is 3.57. The Balaban J connectivity index is 1.31. The molecule has 0 fully saturated rings. The number of carbonyl (C=O) groups excluding carboxylic acids is 1. The minimum atomic E-state index is -0.200. The van der Waals surface area contributed by atoms with E-state index in [-0.39, 0.29) is 17.2 Å². The summed E-state index contributed by atoms with van der Waals surface area (Å²) < 4.78 is 7.34. The molecule has 4 aromatic carbocycles. The van der Waals surface area contributed by atoms with Crippen LogP contribution in [0.1, 0.15) is 0 Å². The van der Waals surface area contributed by atoms with E-state index in [1.165, 1.54) is 11.8 Å². The number of nitrogens with zero attached hydrogens (tertiary/aromatic N) is 2. The quantitative estimate of drug-likeness (QED) is 0.232. The summed E-state index contributed by atoms with van der Waals surface area (Å²) in [6.45, 7) is 0. The highest BCUT2D eigenvalue weighted by Gasteiger charge is 2.15. The Morgan fingerprint density at radius 1 is 0.800 bits per heavy atom. The van der Waals surface area contributed by atoms with Gasteiger partial charge in [-0.1, -0.05) is 60.3 Å². The third kappa shape index (κ3) is 5.26. The molecule has 0 spiro atoms. The van der Waals surface area contributed by atoms with E-state index in [9.17, 15) is 9.59 Å². The maximum absolute atomic E-state index is 13.2. The topological polar surface area (TPSA) is 73.2 Å². The van der Waals surface area contributed by atoms with Crippen molar-refractivity contribution in [1.29, 1.82) is 0 Å². The number of hydrogen-bond donors (Lipinski definition) is 1. The third-order valence-electron chi connectivity index (χ3n) is 5.21. The van der Waals surface area contributed by atoms with Gasteiger partial charge >= 0.3 is 0 Å². The number of rotatable bonds is 7. The summed E-state index contributed by atoms with van der Waals surface area (Å²) in [5.41, 5.74) is 1.79. The van der Waals surface area contributed by atoms with Crippen molar-refractivity contribution in [2.24, 2.45) is 0 Å². The molecule has 1 amide bonds. The number of aromatic nitrogens is 2. The average molecular weight is 480 g/mol. The lowest BCUT2D eigenvalue weighted by Gasteiger charge is -2.13. The molecule has 1 heterocycles. The van der Waals surface area contributed by atoms with Crippen molar-refractivity contribution in [2.45, 2.75) is 5.16 Å². The van der Waals surface area contributed by atoms with Gasteiger partial charge in [-0.2, -0.15) is 0 Å². The first-order valence-electron chi connectivity index (χ1n) is 11.0. The van der Waals surface area contributed by atoms with Crippen molar-refractivity contribution >= 4 is 34.3 Å². The highest BCUT2D eigenvalue weighted by molar-refractivity contribution is 7.99. The molecule has 0 aliphatic rings. The van der Waals surface area contributed by atoms with E-state index in [2.05, 4.69) is 10.3 Å². The van der Waals surface area contributed by atoms with E-state index in [1.54, 1.807) is 41.0 Å². The molecular weight excluding hydrogens is 458 g/mol. The maximum atomic E-state index is 13.2. The Morgan fingerprint density at radius 3 is 2.17 bits per heavy atom. The average Bonchev–Trinajstić information content (AvgIpc) is 2.90. The molecule has 0 radical (unpaired) electrons. The highest BCUT2D eigenvalue weighted by Crippen LogP contribution is 2.24. The van der Waals surface area contributed by atoms with Gasteiger partial charge in [0.2, 0.25) is 5.91 Å². The Labute approximate surface area is 206 Å². The summed E-state index contributed by atoms with van der Waals surface area (Å²) in [6, 6.07) is 33.2. The van der Waals surface area contributed by atoms with Crippen LogP contribution in [0.5, 0.6) is 11.5 Å². The second-order valence-corrected chi connectivity index (χ2v) is 8.61. The molecule has 172 valence electrons. The van der Waals surface area contributed by atoms with Crippen molar-refractivity contribution in [3.05, 3.63) is 120 Å². The van der Waals surface area contributed by atoms with Gasteiger partial charge in [-0.15, -0.1) is 0 Å². The van der Waals surface area contributed by atoms with Crippen molar-refractivity contribution in [3.8, 4) is 17.2 Å². The van der Waals surface area contributed by atoms with Crippen LogP contribution >= 0.6 is 11.8 Å². The summed E-state index contributed by atoms with van der Waals surface area (Å²) in [5, 5.41) is 3.87. The number of nitrogens with one attached hydrogen (secondary N) is 1. The molecule has 35 heavy (non-hydrogen) atoms. The lowest BCUT2D eigenvalue weighted by atomic mass is 10.2. The second-order valence-electron chi connectivity index (χ2n) is 7.66. The van der Waals surface area contributed by atoms with E-state index in [4.69, 9.17) is 4.74 Å². The van der Waals surface area contributed by atoms with Gasteiger partial charge in [-0.25, -0.2) is 4.98 Å². The van der Waals surface area contributed by atoms with Crippen LogP contribution in [0.15, 0.2) is 119 Å². The Kier molecular flexibility index (Phi) is 6.59. The summed E-state index contributed by atoms with van der Waals surface area (Å²) >= 11 is 1.22. The van der Waals surface area contributed by atoms with Crippen LogP contribution in [0.25, 0.3) is 16.6 Å². The monoisotopic (exact) mass is 479 g/mol. The van der Waals surface area contributed by atoms with Gasteiger partial charge in [-0.3, -0.25) is 14.2 Å². The van der Waals surface area contributed by atoms with E-state index in [0.717, 1.165) is 5.75 Å². The number of fused-ring (bicyclic) bond motifs is 1. The molecule has 5 rings (SSSR count). The van der Waals surface area contributed by atoms with Crippen molar-refractivity contribution in [1.82, 2.24) is 9.55 Å². The molecule has 0 atom stereocenters. The molecule has 0 unspecified atom stereocenters. The molecule has 0 saturated carbocycles. The van der Waals surface area contributed by atoms with Crippen molar-refractivity contribution in [3.63, 3.8) is 0 Å². The predicted octanol–water partition coefficient (Wildman–Crippen LogP) is 5.91. The van der Waals surface area contributed by atoms with E-state index < -0.39 is 0 Å². The van der Waals surface area contributed by atoms with Crippen LogP contribution in [0.4, 0.5) is 5.69 Å². The first-order valence-corrected chi connectivity index (χ1v) is 12.0. The molecule has 1 N–H and O–H groups in total. The summed E-state index contributed by atoms with van der Waals surface area (Å²) in [6.07, 6.45) is 0. The lowest BCUT2D eigenvalue weighted by molar-refractivity contribution is -0.113. The maximum Gasteiger partial charge on any atom is 0.266 e. The Hall–Kier alpha value is -4.36. The number of thioether (sulfide) groups is 1. The van der Waals surface area contributed by atoms with Gasteiger partial charge in [0.25, 0.3) is 5.56 Å². The van der Waals surface area contributed by atoms with Crippen LogP contribution in [0, 0.1) is 0 Å². The van der Waals surface area contributed by atoms with Crippen LogP contribution in [0.2, 0.25) is 0 Å². The van der Waals surface area contributed by atoms with Crippen LogP contribution in [0.3, 0.4) is 0 Å². The zero-order chi connectivity index (χ0) is 24.0. The lowest BCUT2D eigenvalue weighted by Crippen LogP contribution is -2.22. The molecule has 7 heteroatoms. The van der Waals surface area contributed by atoms with Gasteiger partial charge in [0.1, 0.15) is 11.5 Å². The zero-order valence-corrected chi connectivity index (χ0v) is 19.4. The second kappa shape index (κ2) is 10.3. The van der Waals surface area contributed by atoms with Crippen molar-refractivity contribution in [2.75, 3.05) is 11.1 Å². The number of hydrogen-bond acceptors (Lipinski definition) is 5. The molecule has 0 saturated heterocycles. The number of anilines is 1. The molecule has 6 nitrogen and oxygen atoms in total. The molecule has 0 aliphatic carbocycles. The van der Waals surface area contributed by atoms with Crippen LogP contribution in [-0.2, 0) is 4.79 Å². The highest BCUT2D eigenvalue weighted by atomic mass is 32.2. The minimum absolute atomic E-state index is 0.0971.